The van der Waals surface area contributed by atoms with Gasteiger partial charge in [-0.25, -0.2) is 13.2 Å². The molecule has 8 heteroatoms. The Kier molecular flexibility index (Phi) is 5.95. The monoisotopic (exact) mass is 431 g/mol. The van der Waals surface area contributed by atoms with Crippen LogP contribution in [0.15, 0.2) is 59.5 Å². The number of ether oxygens (including phenoxy) is 2. The average Bonchev–Trinajstić information content (AvgIpc) is 3.06. The molecule has 0 aliphatic heterocycles. The summed E-state index contributed by atoms with van der Waals surface area (Å²) in [4.78, 5) is 14.4. The Morgan fingerprint density at radius 1 is 0.966 bits per heavy atom. The molecule has 0 atom stereocenters. The van der Waals surface area contributed by atoms with Gasteiger partial charge in [0.25, 0.3) is 10.0 Å². The van der Waals surface area contributed by atoms with Crippen LogP contribution in [0, 0.1) is 13.8 Å². The number of carbonyl (C=O) groups excluding carboxylic acids is 1. The minimum atomic E-state index is -3.73. The van der Waals surface area contributed by atoms with Crippen molar-refractivity contribution in [2.45, 2.75) is 18.7 Å². The number of anilines is 1. The first kappa shape index (κ1) is 20.9. The van der Waals surface area contributed by atoms with Crippen LogP contribution in [0.25, 0.3) is 0 Å². The third-order valence-electron chi connectivity index (χ3n) is 4.39. The molecule has 0 aliphatic rings. The zero-order chi connectivity index (χ0) is 21.2. The Bertz CT molecular complexity index is 1120. The van der Waals surface area contributed by atoms with Crippen LogP contribution in [-0.2, 0) is 10.0 Å². The van der Waals surface area contributed by atoms with E-state index >= 15 is 0 Å². The smallest absolute Gasteiger partial charge is 0.344 e. The second kappa shape index (κ2) is 8.26. The molecule has 6 nitrogen and oxygen atoms in total. The number of hydrogen-bond acceptors (Lipinski definition) is 6. The fourth-order valence-corrected chi connectivity index (χ4v) is 4.87. The molecule has 3 aromatic rings. The maximum absolute atomic E-state index is 12.8. The summed E-state index contributed by atoms with van der Waals surface area (Å²) in [5.41, 5.74) is 0.985. The summed E-state index contributed by atoms with van der Waals surface area (Å²) in [6.07, 6.45) is 0. The van der Waals surface area contributed by atoms with E-state index in [1.54, 1.807) is 42.5 Å². The number of carbonyl (C=O) groups is 1. The number of sulfonamides is 1. The molecular weight excluding hydrogens is 410 g/mol. The van der Waals surface area contributed by atoms with Gasteiger partial charge in [0, 0.05) is 16.8 Å². The summed E-state index contributed by atoms with van der Waals surface area (Å²) < 4.78 is 37.3. The molecule has 0 radical (unpaired) electrons. The number of hydrogen-bond donors (Lipinski definition) is 0. The first-order valence-corrected chi connectivity index (χ1v) is 11.0. The third-order valence-corrected chi connectivity index (χ3v) is 7.16. The first-order chi connectivity index (χ1) is 13.7. The standard InChI is InChI=1S/C21H21NO5S2/c1-14-13-20(15(2)28-14)21(23)27-18-7-5-16(6-8-18)22(3)29(24,25)19-11-9-17(26-4)10-12-19/h5-13H,1-4H3. The van der Waals surface area contributed by atoms with E-state index in [-0.39, 0.29) is 4.90 Å². The SMILES string of the molecule is COc1ccc(S(=O)(=O)N(C)c2ccc(OC(=O)c3cc(C)sc3C)cc2)cc1. The molecule has 0 unspecified atom stereocenters. The molecule has 2 aromatic carbocycles. The molecule has 0 N–H and O–H groups in total. The minimum Gasteiger partial charge on any atom is -0.497 e. The minimum absolute atomic E-state index is 0.152. The second-order valence-electron chi connectivity index (χ2n) is 6.36. The van der Waals surface area contributed by atoms with Crippen molar-refractivity contribution in [3.8, 4) is 11.5 Å². The predicted octanol–water partition coefficient (Wildman–Crippen LogP) is 4.42. The number of benzene rings is 2. The lowest BCUT2D eigenvalue weighted by molar-refractivity contribution is 0.0734. The fraction of sp³-hybridized carbons (Fsp3) is 0.190. The number of rotatable bonds is 6. The molecule has 0 bridgehead atoms. The predicted molar refractivity (Wildman–Crippen MR) is 114 cm³/mol. The number of thiophene rings is 1. The Balaban J connectivity index is 1.76. The number of methoxy groups -OCH3 is 1. The van der Waals surface area contributed by atoms with Crippen molar-refractivity contribution in [2.24, 2.45) is 0 Å². The number of aryl methyl sites for hydroxylation is 2. The van der Waals surface area contributed by atoms with E-state index in [0.717, 1.165) is 9.75 Å². The van der Waals surface area contributed by atoms with Crippen LogP contribution in [0.5, 0.6) is 11.5 Å². The fourth-order valence-electron chi connectivity index (χ4n) is 2.76. The Labute approximate surface area is 174 Å². The van der Waals surface area contributed by atoms with Gasteiger partial charge in [0.2, 0.25) is 0 Å². The number of esters is 1. The van der Waals surface area contributed by atoms with Crippen LogP contribution in [0.1, 0.15) is 20.1 Å². The maximum atomic E-state index is 12.8. The molecule has 3 rings (SSSR count). The van der Waals surface area contributed by atoms with Gasteiger partial charge in [-0.2, -0.15) is 0 Å². The third kappa shape index (κ3) is 4.44. The van der Waals surface area contributed by atoms with Crippen molar-refractivity contribution in [3.63, 3.8) is 0 Å². The van der Waals surface area contributed by atoms with E-state index in [4.69, 9.17) is 9.47 Å². The summed E-state index contributed by atoms with van der Waals surface area (Å²) >= 11 is 1.54. The van der Waals surface area contributed by atoms with E-state index in [0.29, 0.717) is 22.7 Å². The molecule has 0 amide bonds. The van der Waals surface area contributed by atoms with E-state index in [1.165, 1.54) is 41.9 Å². The van der Waals surface area contributed by atoms with Crippen LogP contribution < -0.4 is 13.8 Å². The highest BCUT2D eigenvalue weighted by atomic mass is 32.2. The average molecular weight is 432 g/mol. The summed E-state index contributed by atoms with van der Waals surface area (Å²) in [6, 6.07) is 14.3. The van der Waals surface area contributed by atoms with Crippen LogP contribution in [-0.4, -0.2) is 28.5 Å². The molecule has 0 saturated heterocycles. The van der Waals surface area contributed by atoms with Crippen molar-refractivity contribution in [2.75, 3.05) is 18.5 Å². The van der Waals surface area contributed by atoms with Gasteiger partial charge in [0.05, 0.1) is 23.3 Å². The van der Waals surface area contributed by atoms with Crippen molar-refractivity contribution in [3.05, 3.63) is 69.9 Å². The summed E-state index contributed by atoms with van der Waals surface area (Å²) in [5, 5.41) is 0. The van der Waals surface area contributed by atoms with E-state index < -0.39 is 16.0 Å². The lowest BCUT2D eigenvalue weighted by Gasteiger charge is -2.20. The summed E-state index contributed by atoms with van der Waals surface area (Å²) in [6.45, 7) is 3.80. The highest BCUT2D eigenvalue weighted by Crippen LogP contribution is 2.27. The maximum Gasteiger partial charge on any atom is 0.344 e. The quantitative estimate of drug-likeness (QED) is 0.427. The molecule has 0 saturated carbocycles. The second-order valence-corrected chi connectivity index (χ2v) is 9.79. The highest BCUT2D eigenvalue weighted by molar-refractivity contribution is 7.92. The van der Waals surface area contributed by atoms with Crippen LogP contribution in [0.4, 0.5) is 5.69 Å². The molecule has 1 heterocycles. The van der Waals surface area contributed by atoms with Crippen molar-refractivity contribution < 1.29 is 22.7 Å². The van der Waals surface area contributed by atoms with E-state index in [9.17, 15) is 13.2 Å². The van der Waals surface area contributed by atoms with Crippen LogP contribution >= 0.6 is 11.3 Å². The molecular formula is C21H21NO5S2. The lowest BCUT2D eigenvalue weighted by Crippen LogP contribution is -2.26. The molecule has 1 aromatic heterocycles. The molecule has 29 heavy (non-hydrogen) atoms. The van der Waals surface area contributed by atoms with Gasteiger partial charge in [-0.1, -0.05) is 0 Å². The molecule has 0 fully saturated rings. The van der Waals surface area contributed by atoms with Crippen LogP contribution in [0.3, 0.4) is 0 Å². The van der Waals surface area contributed by atoms with Gasteiger partial charge in [-0.05, 0) is 68.4 Å². The van der Waals surface area contributed by atoms with Gasteiger partial charge >= 0.3 is 5.97 Å². The zero-order valence-corrected chi connectivity index (χ0v) is 18.1. The summed E-state index contributed by atoms with van der Waals surface area (Å²) in [5.74, 6) is 0.491. The van der Waals surface area contributed by atoms with Crippen LogP contribution in [0.2, 0.25) is 0 Å². The van der Waals surface area contributed by atoms with Crippen molar-refractivity contribution in [1.82, 2.24) is 0 Å². The zero-order valence-electron chi connectivity index (χ0n) is 16.5. The highest BCUT2D eigenvalue weighted by Gasteiger charge is 2.21. The molecule has 0 spiro atoms. The topological polar surface area (TPSA) is 72.9 Å². The summed E-state index contributed by atoms with van der Waals surface area (Å²) in [7, 11) is -0.738. The Morgan fingerprint density at radius 2 is 1.55 bits per heavy atom. The van der Waals surface area contributed by atoms with Gasteiger partial charge in [0.15, 0.2) is 0 Å². The first-order valence-electron chi connectivity index (χ1n) is 8.74. The van der Waals surface area contributed by atoms with Gasteiger partial charge < -0.3 is 9.47 Å². The lowest BCUT2D eigenvalue weighted by atomic mass is 10.2. The van der Waals surface area contributed by atoms with Crippen molar-refractivity contribution in [1.29, 1.82) is 0 Å². The van der Waals surface area contributed by atoms with Gasteiger partial charge in [-0.3, -0.25) is 4.31 Å². The van der Waals surface area contributed by atoms with E-state index in [2.05, 4.69) is 0 Å². The molecule has 152 valence electrons. The Morgan fingerprint density at radius 3 is 2.07 bits per heavy atom. The normalized spacial score (nSPS) is 11.2. The largest absolute Gasteiger partial charge is 0.497 e. The molecule has 0 aliphatic carbocycles. The van der Waals surface area contributed by atoms with Crippen molar-refractivity contribution >= 4 is 33.0 Å². The Hall–Kier alpha value is -2.84. The van der Waals surface area contributed by atoms with Gasteiger partial charge in [-0.15, -0.1) is 11.3 Å². The number of nitrogens with zero attached hydrogens (tertiary/aromatic N) is 1. The van der Waals surface area contributed by atoms with Gasteiger partial charge in [0.1, 0.15) is 11.5 Å². The van der Waals surface area contributed by atoms with E-state index in [1.807, 2.05) is 13.8 Å².